The molecule has 0 aliphatic carbocycles. The standard InChI is InChI=1S/C34H34N6O4S/c1-5-40(6-2)45(42,43)28-16-13-26(14-17-28)36-38-31-22-33(44-4)32(20-23(31)3)39-37-30-19-12-24-21-27(15-18-29(24)34(30)41)35-25-10-8-7-9-11-25/h7-22,35,41H,5-6H2,1-4H3. The average Bonchev–Trinajstić information content (AvgIpc) is 3.05. The van der Waals surface area contributed by atoms with Crippen molar-refractivity contribution >= 4 is 54.9 Å². The zero-order chi connectivity index (χ0) is 32.0. The van der Waals surface area contributed by atoms with Gasteiger partial charge in [-0.25, -0.2) is 8.42 Å². The highest BCUT2D eigenvalue weighted by molar-refractivity contribution is 7.89. The van der Waals surface area contributed by atoms with Crippen LogP contribution in [0.3, 0.4) is 0 Å². The minimum absolute atomic E-state index is 0.0273. The van der Waals surface area contributed by atoms with Crippen molar-refractivity contribution in [2.45, 2.75) is 25.7 Å². The smallest absolute Gasteiger partial charge is 0.243 e. The van der Waals surface area contributed by atoms with Gasteiger partial charge in [0.2, 0.25) is 10.0 Å². The number of ether oxygens (including phenoxy) is 1. The third-order valence-electron chi connectivity index (χ3n) is 7.25. The number of azo groups is 2. The van der Waals surface area contributed by atoms with Crippen molar-refractivity contribution in [2.75, 3.05) is 25.5 Å². The summed E-state index contributed by atoms with van der Waals surface area (Å²) in [4.78, 5) is 0.208. The summed E-state index contributed by atoms with van der Waals surface area (Å²) in [6, 6.07) is 28.9. The number of methoxy groups -OCH3 is 1. The normalized spacial score (nSPS) is 12.0. The molecule has 0 amide bonds. The monoisotopic (exact) mass is 622 g/mol. The highest BCUT2D eigenvalue weighted by atomic mass is 32.2. The van der Waals surface area contributed by atoms with Crippen molar-refractivity contribution in [2.24, 2.45) is 20.5 Å². The molecule has 230 valence electrons. The summed E-state index contributed by atoms with van der Waals surface area (Å²) < 4.78 is 32.4. The summed E-state index contributed by atoms with van der Waals surface area (Å²) in [6.45, 7) is 6.27. The Hall–Kier alpha value is -5.13. The largest absolute Gasteiger partial charge is 0.505 e. The van der Waals surface area contributed by atoms with Gasteiger partial charge >= 0.3 is 0 Å². The fourth-order valence-corrected chi connectivity index (χ4v) is 6.23. The van der Waals surface area contributed by atoms with Crippen LogP contribution < -0.4 is 10.1 Å². The van der Waals surface area contributed by atoms with Gasteiger partial charge in [0.15, 0.2) is 5.75 Å². The molecule has 45 heavy (non-hydrogen) atoms. The number of phenols is 1. The number of para-hydroxylation sites is 1. The molecule has 0 aliphatic rings. The van der Waals surface area contributed by atoms with Gasteiger partial charge in [0.25, 0.3) is 0 Å². The number of hydrogen-bond acceptors (Lipinski definition) is 9. The first-order valence-electron chi connectivity index (χ1n) is 14.4. The number of aryl methyl sites for hydroxylation is 1. The Labute approximate surface area is 262 Å². The van der Waals surface area contributed by atoms with Crippen molar-refractivity contribution in [1.29, 1.82) is 0 Å². The fraction of sp³-hybridized carbons (Fsp3) is 0.176. The van der Waals surface area contributed by atoms with Gasteiger partial charge in [-0.2, -0.15) is 14.5 Å². The Balaban J connectivity index is 1.34. The number of sulfonamides is 1. The molecule has 5 aromatic carbocycles. The maximum absolute atomic E-state index is 12.7. The van der Waals surface area contributed by atoms with Gasteiger partial charge in [0.1, 0.15) is 17.1 Å². The molecule has 0 radical (unpaired) electrons. The second kappa shape index (κ2) is 13.7. The predicted octanol–water partition coefficient (Wildman–Crippen LogP) is 9.47. The van der Waals surface area contributed by atoms with Crippen LogP contribution in [0.25, 0.3) is 10.8 Å². The first-order valence-corrected chi connectivity index (χ1v) is 15.9. The molecule has 0 saturated carbocycles. The molecule has 10 nitrogen and oxygen atoms in total. The second-order valence-corrected chi connectivity index (χ2v) is 12.1. The van der Waals surface area contributed by atoms with Gasteiger partial charge in [0, 0.05) is 35.9 Å². The van der Waals surface area contributed by atoms with Crippen LogP contribution in [0.4, 0.5) is 34.1 Å². The van der Waals surface area contributed by atoms with Crippen molar-refractivity contribution in [3.05, 3.63) is 103 Å². The van der Waals surface area contributed by atoms with Crippen molar-refractivity contribution < 1.29 is 18.3 Å². The van der Waals surface area contributed by atoms with Crippen LogP contribution in [-0.2, 0) is 10.0 Å². The van der Waals surface area contributed by atoms with Gasteiger partial charge in [-0.3, -0.25) is 0 Å². The number of fused-ring (bicyclic) bond motifs is 1. The first kappa shape index (κ1) is 31.3. The van der Waals surface area contributed by atoms with E-state index in [4.69, 9.17) is 4.74 Å². The van der Waals surface area contributed by atoms with E-state index in [9.17, 15) is 13.5 Å². The molecule has 0 saturated heterocycles. The van der Waals surface area contributed by atoms with Crippen LogP contribution in [0.15, 0.2) is 122 Å². The van der Waals surface area contributed by atoms with E-state index in [1.54, 1.807) is 44.2 Å². The number of phenolic OH excluding ortho intramolecular Hbond substituents is 1. The van der Waals surface area contributed by atoms with Crippen molar-refractivity contribution in [3.8, 4) is 11.5 Å². The fourth-order valence-electron chi connectivity index (χ4n) is 4.78. The van der Waals surface area contributed by atoms with Crippen LogP contribution >= 0.6 is 0 Å². The van der Waals surface area contributed by atoms with Crippen molar-refractivity contribution in [1.82, 2.24) is 4.31 Å². The minimum Gasteiger partial charge on any atom is -0.505 e. The highest BCUT2D eigenvalue weighted by Crippen LogP contribution is 2.40. The van der Waals surface area contributed by atoms with Crippen LogP contribution in [0.5, 0.6) is 11.5 Å². The average molecular weight is 623 g/mol. The summed E-state index contributed by atoms with van der Waals surface area (Å²) >= 11 is 0. The minimum atomic E-state index is -3.55. The van der Waals surface area contributed by atoms with E-state index in [1.807, 2.05) is 61.5 Å². The summed E-state index contributed by atoms with van der Waals surface area (Å²) in [5, 5.41) is 33.1. The maximum atomic E-state index is 12.7. The van der Waals surface area contributed by atoms with E-state index >= 15 is 0 Å². The lowest BCUT2D eigenvalue weighted by Crippen LogP contribution is -2.30. The number of rotatable bonds is 11. The van der Waals surface area contributed by atoms with Gasteiger partial charge < -0.3 is 15.2 Å². The quantitative estimate of drug-likeness (QED) is 0.142. The Morgan fingerprint density at radius 3 is 2.13 bits per heavy atom. The first-order chi connectivity index (χ1) is 21.7. The zero-order valence-corrected chi connectivity index (χ0v) is 26.3. The van der Waals surface area contributed by atoms with Crippen LogP contribution in [0.1, 0.15) is 19.4 Å². The molecule has 11 heteroatoms. The van der Waals surface area contributed by atoms with E-state index in [1.165, 1.54) is 23.5 Å². The summed E-state index contributed by atoms with van der Waals surface area (Å²) in [5.41, 5.74) is 4.49. The zero-order valence-electron chi connectivity index (χ0n) is 25.5. The molecule has 0 bridgehead atoms. The second-order valence-electron chi connectivity index (χ2n) is 10.2. The van der Waals surface area contributed by atoms with Gasteiger partial charge in [0.05, 0.1) is 23.4 Å². The Bertz CT molecular complexity index is 1970. The van der Waals surface area contributed by atoms with E-state index in [-0.39, 0.29) is 10.6 Å². The lowest BCUT2D eigenvalue weighted by Gasteiger charge is -2.18. The molecular weight excluding hydrogens is 588 g/mol. The molecule has 0 aromatic heterocycles. The molecule has 0 unspecified atom stereocenters. The molecule has 0 heterocycles. The molecule has 5 aromatic rings. The van der Waals surface area contributed by atoms with E-state index in [0.717, 1.165) is 22.3 Å². The number of aromatic hydroxyl groups is 1. The third-order valence-corrected chi connectivity index (χ3v) is 9.31. The summed E-state index contributed by atoms with van der Waals surface area (Å²) in [7, 11) is -2.03. The number of benzene rings is 5. The number of nitrogens with one attached hydrogen (secondary N) is 1. The summed E-state index contributed by atoms with van der Waals surface area (Å²) in [5.74, 6) is 0.454. The number of anilines is 2. The summed E-state index contributed by atoms with van der Waals surface area (Å²) in [6.07, 6.45) is 0. The predicted molar refractivity (Wildman–Crippen MR) is 178 cm³/mol. The molecule has 5 rings (SSSR count). The van der Waals surface area contributed by atoms with Crippen LogP contribution in [0, 0.1) is 6.92 Å². The molecule has 0 atom stereocenters. The van der Waals surface area contributed by atoms with Crippen molar-refractivity contribution in [3.63, 3.8) is 0 Å². The third kappa shape index (κ3) is 7.00. The van der Waals surface area contributed by atoms with Gasteiger partial charge in [-0.15, -0.1) is 10.2 Å². The number of hydrogen-bond donors (Lipinski definition) is 2. The molecule has 0 spiro atoms. The van der Waals surface area contributed by atoms with Gasteiger partial charge in [-0.05, 0) is 84.6 Å². The topological polar surface area (TPSA) is 128 Å². The van der Waals surface area contributed by atoms with Crippen LogP contribution in [-0.4, -0.2) is 38.0 Å². The lowest BCUT2D eigenvalue weighted by atomic mass is 10.1. The van der Waals surface area contributed by atoms with Gasteiger partial charge in [-0.1, -0.05) is 38.1 Å². The maximum Gasteiger partial charge on any atom is 0.243 e. The van der Waals surface area contributed by atoms with Crippen LogP contribution in [0.2, 0.25) is 0 Å². The molecular formula is C34H34N6O4S. The molecule has 2 N–H and O–H groups in total. The van der Waals surface area contributed by atoms with E-state index < -0.39 is 10.0 Å². The number of nitrogens with zero attached hydrogens (tertiary/aromatic N) is 5. The van der Waals surface area contributed by atoms with E-state index in [2.05, 4.69) is 25.8 Å². The molecule has 0 aliphatic heterocycles. The Morgan fingerprint density at radius 1 is 0.756 bits per heavy atom. The Kier molecular flexibility index (Phi) is 9.50. The van der Waals surface area contributed by atoms with E-state index in [0.29, 0.717) is 47.0 Å². The lowest BCUT2D eigenvalue weighted by molar-refractivity contribution is 0.416. The highest BCUT2D eigenvalue weighted by Gasteiger charge is 2.21. The molecule has 0 fully saturated rings. The SMILES string of the molecule is CCN(CC)S(=O)(=O)c1ccc(N=Nc2cc(OC)c(N=Nc3ccc4cc(Nc5ccccc5)ccc4c3O)cc2C)cc1. The Morgan fingerprint density at radius 2 is 1.44 bits per heavy atom.